The van der Waals surface area contributed by atoms with Gasteiger partial charge in [-0.1, -0.05) is 0 Å². The number of hydrogen-bond donors (Lipinski definition) is 2. The first-order valence-corrected chi connectivity index (χ1v) is 4.87. The molecule has 0 aromatic heterocycles. The van der Waals surface area contributed by atoms with Gasteiger partial charge in [0.2, 0.25) is 5.91 Å². The molecule has 1 atom stereocenters. The SMILES string of the molecule is CN(C)C(=O)CSC[C@@H](N)C(=O)O. The molecule has 0 aliphatic rings. The maximum absolute atomic E-state index is 11.0. The smallest absolute Gasteiger partial charge is 0.321 e. The predicted octanol–water partition coefficient (Wildman–Crippen LogP) is -0.780. The Morgan fingerprint density at radius 3 is 2.46 bits per heavy atom. The molecule has 0 saturated carbocycles. The number of carbonyl (C=O) groups is 2. The van der Waals surface area contributed by atoms with Crippen LogP contribution >= 0.6 is 11.8 Å². The zero-order valence-corrected chi connectivity index (χ0v) is 8.50. The Bertz CT molecular complexity index is 196. The lowest BCUT2D eigenvalue weighted by Crippen LogP contribution is -2.33. The summed E-state index contributed by atoms with van der Waals surface area (Å²) in [6.45, 7) is 0. The fraction of sp³-hybridized carbons (Fsp3) is 0.714. The average molecular weight is 206 g/mol. The van der Waals surface area contributed by atoms with Crippen LogP contribution in [0, 0.1) is 0 Å². The van der Waals surface area contributed by atoms with Crippen LogP contribution in [0.25, 0.3) is 0 Å². The topological polar surface area (TPSA) is 83.6 Å². The zero-order valence-electron chi connectivity index (χ0n) is 7.69. The van der Waals surface area contributed by atoms with Crippen LogP contribution in [0.15, 0.2) is 0 Å². The van der Waals surface area contributed by atoms with Crippen LogP contribution < -0.4 is 5.73 Å². The van der Waals surface area contributed by atoms with Crippen LogP contribution in [0.3, 0.4) is 0 Å². The van der Waals surface area contributed by atoms with E-state index in [2.05, 4.69) is 0 Å². The van der Waals surface area contributed by atoms with Crippen molar-refractivity contribution in [2.75, 3.05) is 25.6 Å². The average Bonchev–Trinajstić information content (AvgIpc) is 2.03. The maximum Gasteiger partial charge on any atom is 0.321 e. The molecular formula is C7H14N2O3S. The highest BCUT2D eigenvalue weighted by molar-refractivity contribution is 8.00. The van der Waals surface area contributed by atoms with Crippen molar-refractivity contribution in [1.29, 1.82) is 0 Å². The number of thioether (sulfide) groups is 1. The van der Waals surface area contributed by atoms with E-state index in [9.17, 15) is 9.59 Å². The second-order valence-electron chi connectivity index (χ2n) is 2.75. The Labute approximate surface area is 81.3 Å². The van der Waals surface area contributed by atoms with E-state index in [0.29, 0.717) is 0 Å². The molecule has 1 amide bonds. The van der Waals surface area contributed by atoms with Crippen molar-refractivity contribution < 1.29 is 14.7 Å². The molecule has 0 aromatic rings. The summed E-state index contributed by atoms with van der Waals surface area (Å²) in [7, 11) is 3.31. The fourth-order valence-corrected chi connectivity index (χ4v) is 1.42. The number of carboxylic acid groups (broad SMARTS) is 1. The molecule has 0 unspecified atom stereocenters. The minimum atomic E-state index is -1.04. The largest absolute Gasteiger partial charge is 0.480 e. The molecule has 13 heavy (non-hydrogen) atoms. The molecule has 3 N–H and O–H groups in total. The van der Waals surface area contributed by atoms with E-state index in [0.717, 1.165) is 0 Å². The van der Waals surface area contributed by atoms with Crippen molar-refractivity contribution in [3.63, 3.8) is 0 Å². The molecule has 0 rings (SSSR count). The molecular weight excluding hydrogens is 192 g/mol. The summed E-state index contributed by atoms with van der Waals surface area (Å²) in [5.74, 6) is -0.546. The third kappa shape index (κ3) is 5.48. The zero-order chi connectivity index (χ0) is 10.4. The first-order valence-electron chi connectivity index (χ1n) is 3.71. The summed E-state index contributed by atoms with van der Waals surface area (Å²) >= 11 is 1.23. The lowest BCUT2D eigenvalue weighted by Gasteiger charge is -2.10. The number of hydrogen-bond acceptors (Lipinski definition) is 4. The Balaban J connectivity index is 3.56. The molecule has 5 nitrogen and oxygen atoms in total. The maximum atomic E-state index is 11.0. The summed E-state index contributed by atoms with van der Waals surface area (Å²) in [6, 6.07) is -0.889. The predicted molar refractivity (Wildman–Crippen MR) is 51.6 cm³/mol. The van der Waals surface area contributed by atoms with Crippen LogP contribution in [0.1, 0.15) is 0 Å². The summed E-state index contributed by atoms with van der Waals surface area (Å²) in [6.07, 6.45) is 0. The van der Waals surface area contributed by atoms with Gasteiger partial charge in [-0.3, -0.25) is 9.59 Å². The van der Waals surface area contributed by atoms with Crippen molar-refractivity contribution in [3.8, 4) is 0 Å². The van der Waals surface area contributed by atoms with Crippen LogP contribution in [0.2, 0.25) is 0 Å². The summed E-state index contributed by atoms with van der Waals surface area (Å²) < 4.78 is 0. The fourth-order valence-electron chi connectivity index (χ4n) is 0.474. The van der Waals surface area contributed by atoms with E-state index in [-0.39, 0.29) is 17.4 Å². The molecule has 6 heteroatoms. The molecule has 0 aliphatic carbocycles. The minimum absolute atomic E-state index is 0.0393. The van der Waals surface area contributed by atoms with Gasteiger partial charge in [0, 0.05) is 19.8 Å². The van der Waals surface area contributed by atoms with E-state index >= 15 is 0 Å². The molecule has 0 aliphatic heterocycles. The molecule has 0 bridgehead atoms. The summed E-state index contributed by atoms with van der Waals surface area (Å²) in [4.78, 5) is 22.7. The number of rotatable bonds is 5. The van der Waals surface area contributed by atoms with Crippen molar-refractivity contribution in [2.45, 2.75) is 6.04 Å². The molecule has 0 fully saturated rings. The quantitative estimate of drug-likeness (QED) is 0.616. The highest BCUT2D eigenvalue weighted by Gasteiger charge is 2.12. The van der Waals surface area contributed by atoms with E-state index in [1.807, 2.05) is 0 Å². The Kier molecular flexibility index (Phi) is 5.48. The number of aliphatic carboxylic acids is 1. The van der Waals surface area contributed by atoms with Gasteiger partial charge in [-0.25, -0.2) is 0 Å². The van der Waals surface area contributed by atoms with Crippen LogP contribution in [-0.4, -0.2) is 53.5 Å². The second-order valence-corrected chi connectivity index (χ2v) is 3.78. The Morgan fingerprint density at radius 2 is 2.08 bits per heavy atom. The normalized spacial score (nSPS) is 12.2. The molecule has 0 heterocycles. The van der Waals surface area contributed by atoms with Crippen molar-refractivity contribution in [2.24, 2.45) is 5.73 Å². The van der Waals surface area contributed by atoms with Crippen molar-refractivity contribution in [3.05, 3.63) is 0 Å². The van der Waals surface area contributed by atoms with Crippen molar-refractivity contribution in [1.82, 2.24) is 4.90 Å². The number of nitrogens with two attached hydrogens (primary N) is 1. The minimum Gasteiger partial charge on any atom is -0.480 e. The molecule has 0 radical (unpaired) electrons. The standard InChI is InChI=1S/C7H14N2O3S/c1-9(2)6(10)4-13-3-5(8)7(11)12/h5H,3-4,8H2,1-2H3,(H,11,12)/t5-/m1/s1. The highest BCUT2D eigenvalue weighted by atomic mass is 32.2. The summed E-state index contributed by atoms with van der Waals surface area (Å²) in [5.41, 5.74) is 5.23. The lowest BCUT2D eigenvalue weighted by atomic mass is 10.4. The molecule has 0 saturated heterocycles. The van der Waals surface area contributed by atoms with Gasteiger partial charge in [0.05, 0.1) is 5.75 Å². The van der Waals surface area contributed by atoms with Gasteiger partial charge in [-0.2, -0.15) is 0 Å². The van der Waals surface area contributed by atoms with Crippen molar-refractivity contribution >= 4 is 23.6 Å². The molecule has 0 spiro atoms. The van der Waals surface area contributed by atoms with E-state index in [4.69, 9.17) is 10.8 Å². The van der Waals surface area contributed by atoms with Gasteiger partial charge in [-0.15, -0.1) is 11.8 Å². The van der Waals surface area contributed by atoms with Crippen LogP contribution in [0.5, 0.6) is 0 Å². The Morgan fingerprint density at radius 1 is 1.54 bits per heavy atom. The van der Waals surface area contributed by atoms with E-state index in [1.165, 1.54) is 16.7 Å². The Hall–Kier alpha value is -0.750. The third-order valence-corrected chi connectivity index (χ3v) is 2.38. The highest BCUT2D eigenvalue weighted by Crippen LogP contribution is 2.02. The third-order valence-electron chi connectivity index (χ3n) is 1.34. The van der Waals surface area contributed by atoms with E-state index in [1.54, 1.807) is 14.1 Å². The van der Waals surface area contributed by atoms with Gasteiger partial charge in [0.15, 0.2) is 0 Å². The molecule has 0 aromatic carbocycles. The monoisotopic (exact) mass is 206 g/mol. The number of nitrogens with zero attached hydrogens (tertiary/aromatic N) is 1. The van der Waals surface area contributed by atoms with Gasteiger partial charge < -0.3 is 15.7 Å². The number of carbonyl (C=O) groups excluding carboxylic acids is 1. The molecule has 76 valence electrons. The first kappa shape index (κ1) is 12.2. The van der Waals surface area contributed by atoms with Crippen LogP contribution in [0.4, 0.5) is 0 Å². The number of amides is 1. The van der Waals surface area contributed by atoms with Crippen LogP contribution in [-0.2, 0) is 9.59 Å². The van der Waals surface area contributed by atoms with Gasteiger partial charge >= 0.3 is 5.97 Å². The van der Waals surface area contributed by atoms with Gasteiger partial charge in [0.25, 0.3) is 0 Å². The second kappa shape index (κ2) is 5.82. The van der Waals surface area contributed by atoms with Gasteiger partial charge in [-0.05, 0) is 0 Å². The van der Waals surface area contributed by atoms with Gasteiger partial charge in [0.1, 0.15) is 6.04 Å². The summed E-state index contributed by atoms with van der Waals surface area (Å²) in [5, 5.41) is 8.42. The lowest BCUT2D eigenvalue weighted by molar-refractivity contribution is -0.138. The number of carboxylic acids is 1. The first-order chi connectivity index (χ1) is 5.95. The van der Waals surface area contributed by atoms with E-state index < -0.39 is 12.0 Å².